The summed E-state index contributed by atoms with van der Waals surface area (Å²) in [4.78, 5) is 23.6. The third-order valence-corrected chi connectivity index (χ3v) is 5.04. The lowest BCUT2D eigenvalue weighted by Gasteiger charge is -2.38. The second-order valence-corrected chi connectivity index (χ2v) is 6.79. The van der Waals surface area contributed by atoms with Crippen LogP contribution in [0.5, 0.6) is 0 Å². The van der Waals surface area contributed by atoms with E-state index >= 15 is 0 Å². The molecule has 0 saturated heterocycles. The molecule has 1 heterocycles. The molecule has 1 aromatic heterocycles. The van der Waals surface area contributed by atoms with Crippen LogP contribution in [-0.2, 0) is 5.60 Å². The van der Waals surface area contributed by atoms with Crippen molar-refractivity contribution in [3.05, 3.63) is 23.2 Å². The van der Waals surface area contributed by atoms with Gasteiger partial charge in [0.15, 0.2) is 17.8 Å². The number of hydrogen-bond donors (Lipinski definition) is 2. The van der Waals surface area contributed by atoms with E-state index in [9.17, 15) is 19.8 Å². The van der Waals surface area contributed by atoms with E-state index in [2.05, 4.69) is 0 Å². The Bertz CT molecular complexity index is 595. The van der Waals surface area contributed by atoms with Crippen LogP contribution in [-0.4, -0.2) is 28.4 Å². The molecule has 4 atom stereocenters. The minimum atomic E-state index is -1.36. The molecule has 1 saturated carbocycles. The first kappa shape index (κ1) is 13.5. The zero-order valence-corrected chi connectivity index (χ0v) is 11.7. The first-order valence-corrected chi connectivity index (χ1v) is 6.73. The van der Waals surface area contributed by atoms with Crippen molar-refractivity contribution < 1.29 is 24.2 Å². The Balaban J connectivity index is 2.22. The van der Waals surface area contributed by atoms with Crippen LogP contribution in [0.4, 0.5) is 0 Å². The zero-order chi connectivity index (χ0) is 14.9. The van der Waals surface area contributed by atoms with Gasteiger partial charge in [-0.1, -0.05) is 13.8 Å². The summed E-state index contributed by atoms with van der Waals surface area (Å²) in [6.07, 6.45) is 1.43. The smallest absolute Gasteiger partial charge is 0.185 e. The highest BCUT2D eigenvalue weighted by atomic mass is 16.3. The molecule has 2 aliphatic carbocycles. The van der Waals surface area contributed by atoms with Crippen LogP contribution in [0.15, 0.2) is 10.7 Å². The first-order chi connectivity index (χ1) is 9.21. The summed E-state index contributed by atoms with van der Waals surface area (Å²) in [6.45, 7) is 5.36. The molecule has 2 N–H and O–H groups in total. The monoisotopic (exact) mass is 278 g/mol. The first-order valence-electron chi connectivity index (χ1n) is 6.73. The zero-order valence-electron chi connectivity index (χ0n) is 11.7. The summed E-state index contributed by atoms with van der Waals surface area (Å²) < 4.78 is 5.09. The van der Waals surface area contributed by atoms with Gasteiger partial charge in [0.25, 0.3) is 0 Å². The van der Waals surface area contributed by atoms with Gasteiger partial charge >= 0.3 is 0 Å². The van der Waals surface area contributed by atoms with E-state index < -0.39 is 29.0 Å². The van der Waals surface area contributed by atoms with E-state index in [4.69, 9.17) is 4.42 Å². The molecule has 0 aliphatic heterocycles. The Morgan fingerprint density at radius 2 is 2.05 bits per heavy atom. The van der Waals surface area contributed by atoms with E-state index in [0.717, 1.165) is 0 Å². The molecule has 3 rings (SSSR count). The average Bonchev–Trinajstić information content (AvgIpc) is 2.89. The lowest BCUT2D eigenvalue weighted by atomic mass is 9.68. The van der Waals surface area contributed by atoms with Crippen molar-refractivity contribution in [1.29, 1.82) is 0 Å². The molecule has 2 aliphatic rings. The Kier molecular flexibility index (Phi) is 2.57. The van der Waals surface area contributed by atoms with Crippen LogP contribution in [0.25, 0.3) is 0 Å². The second-order valence-electron chi connectivity index (χ2n) is 6.79. The van der Waals surface area contributed by atoms with Crippen LogP contribution in [0.3, 0.4) is 0 Å². The number of ketones is 1. The number of aldehydes is 1. The van der Waals surface area contributed by atoms with Gasteiger partial charge in [-0.25, -0.2) is 0 Å². The fraction of sp³-hybridized carbons (Fsp3) is 0.600. The highest BCUT2D eigenvalue weighted by Gasteiger charge is 2.61. The van der Waals surface area contributed by atoms with E-state index in [1.165, 1.54) is 6.26 Å². The van der Waals surface area contributed by atoms with Crippen LogP contribution in [0, 0.1) is 17.3 Å². The van der Waals surface area contributed by atoms with Gasteiger partial charge in [-0.2, -0.15) is 0 Å². The standard InChI is InChI=1S/C15H18O5/c1-14(2)4-8-10(13(14)18)12(17)7-6-20-9(5-16)11(7)15(8,3)19/h5-6,8,10,13,18-19H,4H2,1-3H3/t8-,10+,13-,15-/m1/s1. The normalized spacial score (nSPS) is 38.5. The molecule has 1 aromatic rings. The number of hydrogen-bond acceptors (Lipinski definition) is 5. The summed E-state index contributed by atoms with van der Waals surface area (Å²) in [6, 6.07) is 0. The highest BCUT2D eigenvalue weighted by molar-refractivity contribution is 6.03. The number of aliphatic hydroxyl groups excluding tert-OH is 1. The van der Waals surface area contributed by atoms with Gasteiger partial charge in [-0.3, -0.25) is 9.59 Å². The van der Waals surface area contributed by atoms with E-state index in [-0.39, 0.29) is 22.7 Å². The van der Waals surface area contributed by atoms with Crippen molar-refractivity contribution in [2.45, 2.75) is 38.9 Å². The molecule has 0 spiro atoms. The van der Waals surface area contributed by atoms with Crippen LogP contribution in [0.2, 0.25) is 0 Å². The van der Waals surface area contributed by atoms with Gasteiger partial charge in [-0.05, 0) is 18.8 Å². The Labute approximate surface area is 116 Å². The summed E-state index contributed by atoms with van der Waals surface area (Å²) in [5.41, 5.74) is -1.32. The molecule has 20 heavy (non-hydrogen) atoms. The van der Waals surface area contributed by atoms with Crippen molar-refractivity contribution in [2.75, 3.05) is 0 Å². The van der Waals surface area contributed by atoms with Crippen molar-refractivity contribution in [2.24, 2.45) is 17.3 Å². The molecule has 0 bridgehead atoms. The van der Waals surface area contributed by atoms with Gasteiger partial charge in [0.1, 0.15) is 6.26 Å². The Hall–Kier alpha value is -1.46. The van der Waals surface area contributed by atoms with Crippen molar-refractivity contribution in [1.82, 2.24) is 0 Å². The maximum Gasteiger partial charge on any atom is 0.185 e. The molecule has 0 amide bonds. The lowest BCUT2D eigenvalue weighted by Crippen LogP contribution is -2.46. The molecule has 5 heteroatoms. The van der Waals surface area contributed by atoms with E-state index in [1.54, 1.807) is 6.92 Å². The van der Waals surface area contributed by atoms with Gasteiger partial charge in [0.2, 0.25) is 0 Å². The maximum atomic E-state index is 12.6. The van der Waals surface area contributed by atoms with Crippen molar-refractivity contribution >= 4 is 12.1 Å². The van der Waals surface area contributed by atoms with E-state index in [1.807, 2.05) is 13.8 Å². The average molecular weight is 278 g/mol. The largest absolute Gasteiger partial charge is 0.460 e. The molecule has 0 radical (unpaired) electrons. The summed E-state index contributed by atoms with van der Waals surface area (Å²) in [7, 11) is 0. The van der Waals surface area contributed by atoms with Gasteiger partial charge in [0, 0.05) is 11.5 Å². The topological polar surface area (TPSA) is 87.7 Å². The third-order valence-electron chi connectivity index (χ3n) is 5.04. The third kappa shape index (κ3) is 1.45. The second kappa shape index (κ2) is 3.80. The predicted octanol–water partition coefficient (Wildman–Crippen LogP) is 1.52. The summed E-state index contributed by atoms with van der Waals surface area (Å²) in [5, 5.41) is 21.3. The van der Waals surface area contributed by atoms with Gasteiger partial charge in [0.05, 0.1) is 23.2 Å². The minimum absolute atomic E-state index is 0.00371. The molecular weight excluding hydrogens is 260 g/mol. The quantitative estimate of drug-likeness (QED) is 0.760. The minimum Gasteiger partial charge on any atom is -0.460 e. The number of fused-ring (bicyclic) bond motifs is 2. The number of rotatable bonds is 1. The number of carbonyl (C=O) groups excluding carboxylic acids is 2. The number of carbonyl (C=O) groups is 2. The fourth-order valence-electron chi connectivity index (χ4n) is 3.92. The van der Waals surface area contributed by atoms with Crippen LogP contribution >= 0.6 is 0 Å². The fourth-order valence-corrected chi connectivity index (χ4v) is 3.92. The van der Waals surface area contributed by atoms with E-state index in [0.29, 0.717) is 12.7 Å². The lowest BCUT2D eigenvalue weighted by molar-refractivity contribution is -0.0377. The molecule has 1 fully saturated rings. The molecule has 108 valence electrons. The van der Waals surface area contributed by atoms with Crippen LogP contribution in [0.1, 0.15) is 53.7 Å². The van der Waals surface area contributed by atoms with Crippen molar-refractivity contribution in [3.63, 3.8) is 0 Å². The predicted molar refractivity (Wildman–Crippen MR) is 69.4 cm³/mol. The maximum absolute atomic E-state index is 12.6. The number of Topliss-reactive ketones (excluding diaryl/α,β-unsaturated/α-hetero) is 1. The molecule has 0 unspecified atom stereocenters. The van der Waals surface area contributed by atoms with Crippen molar-refractivity contribution in [3.8, 4) is 0 Å². The number of aliphatic hydroxyl groups is 2. The Morgan fingerprint density at radius 3 is 2.65 bits per heavy atom. The molecule has 0 aromatic carbocycles. The van der Waals surface area contributed by atoms with Gasteiger partial charge < -0.3 is 14.6 Å². The summed E-state index contributed by atoms with van der Waals surface area (Å²) in [5.74, 6) is -1.31. The highest BCUT2D eigenvalue weighted by Crippen LogP contribution is 2.57. The number of furan rings is 1. The van der Waals surface area contributed by atoms with Crippen LogP contribution < -0.4 is 0 Å². The summed E-state index contributed by atoms with van der Waals surface area (Å²) >= 11 is 0. The molecule has 5 nitrogen and oxygen atoms in total. The molecular formula is C15H18O5. The van der Waals surface area contributed by atoms with Gasteiger partial charge in [-0.15, -0.1) is 0 Å². The Morgan fingerprint density at radius 1 is 1.40 bits per heavy atom. The SMILES string of the molecule is CC1(C)C[C@@H]2[C@@H](C(=O)c3coc(C=O)c3[C@]2(C)O)[C@H]1O.